The molecular weight excluding hydrogens is 325 g/mol. The lowest BCUT2D eigenvalue weighted by Crippen LogP contribution is -2.42. The molecule has 1 rings (SSSR count). The van der Waals surface area contributed by atoms with Crippen LogP contribution in [0.25, 0.3) is 0 Å². The molecule has 112 valence electrons. The summed E-state index contributed by atoms with van der Waals surface area (Å²) in [5, 5.41) is -0.213. The van der Waals surface area contributed by atoms with E-state index in [0.29, 0.717) is 0 Å². The molecule has 0 atom stereocenters. The van der Waals surface area contributed by atoms with Crippen LogP contribution in [0.4, 0.5) is 5.69 Å². The highest BCUT2D eigenvalue weighted by atomic mass is 35.5. The van der Waals surface area contributed by atoms with E-state index in [2.05, 4.69) is 0 Å². The quantitative estimate of drug-likeness (QED) is 0.791. The lowest BCUT2D eigenvalue weighted by atomic mass is 10.3. The normalized spacial score (nSPS) is 12.1. The second-order valence-electron chi connectivity index (χ2n) is 4.42. The topological polar surface area (TPSA) is 106 Å². The minimum atomic E-state index is -4.06. The van der Waals surface area contributed by atoms with Crippen molar-refractivity contribution in [3.05, 3.63) is 22.2 Å². The summed E-state index contributed by atoms with van der Waals surface area (Å²) >= 11 is 11.8. The summed E-state index contributed by atoms with van der Waals surface area (Å²) in [7, 11) is -4.06. The fourth-order valence-corrected chi connectivity index (χ4v) is 4.43. The summed E-state index contributed by atoms with van der Waals surface area (Å²) in [6.45, 7) is 2.76. The first-order valence-electron chi connectivity index (χ1n) is 5.62. The molecule has 0 fully saturated rings. The van der Waals surface area contributed by atoms with E-state index in [1.54, 1.807) is 13.8 Å². The van der Waals surface area contributed by atoms with Gasteiger partial charge in [-0.3, -0.25) is 4.79 Å². The number of anilines is 1. The molecule has 0 saturated carbocycles. The maximum atomic E-state index is 12.6. The Morgan fingerprint density at radius 3 is 2.10 bits per heavy atom. The number of rotatable bonds is 5. The van der Waals surface area contributed by atoms with Gasteiger partial charge in [0.15, 0.2) is 0 Å². The second kappa shape index (κ2) is 6.17. The van der Waals surface area contributed by atoms with E-state index in [9.17, 15) is 13.2 Å². The molecule has 1 aromatic carbocycles. The molecule has 0 unspecified atom stereocenters. The molecule has 0 aliphatic heterocycles. The third kappa shape index (κ3) is 3.54. The Labute approximate surface area is 127 Å². The molecule has 0 heterocycles. The van der Waals surface area contributed by atoms with Gasteiger partial charge in [0.25, 0.3) is 0 Å². The number of nitrogens with zero attached hydrogens (tertiary/aromatic N) is 1. The van der Waals surface area contributed by atoms with Gasteiger partial charge in [0.2, 0.25) is 15.9 Å². The van der Waals surface area contributed by atoms with Crippen molar-refractivity contribution in [1.82, 2.24) is 4.31 Å². The Morgan fingerprint density at radius 1 is 1.30 bits per heavy atom. The first-order chi connectivity index (χ1) is 9.07. The smallest absolute Gasteiger partial charge is 0.246 e. The molecule has 6 nitrogen and oxygen atoms in total. The molecule has 1 amide bonds. The summed E-state index contributed by atoms with van der Waals surface area (Å²) < 4.78 is 26.1. The van der Waals surface area contributed by atoms with Gasteiger partial charge in [0.1, 0.15) is 4.90 Å². The molecule has 0 aromatic heterocycles. The summed E-state index contributed by atoms with van der Waals surface area (Å²) in [6.07, 6.45) is 0. The van der Waals surface area contributed by atoms with E-state index in [-0.39, 0.29) is 20.6 Å². The van der Waals surface area contributed by atoms with Crippen LogP contribution in [0.3, 0.4) is 0 Å². The van der Waals surface area contributed by atoms with E-state index < -0.39 is 28.5 Å². The number of primary amides is 1. The lowest BCUT2D eigenvalue weighted by Gasteiger charge is -2.25. The SMILES string of the molecule is CC(C)N(CC(N)=O)S(=O)(=O)c1c(Cl)cc(N)cc1Cl. The average molecular weight is 340 g/mol. The molecule has 0 aliphatic carbocycles. The third-order valence-corrected chi connectivity index (χ3v) is 5.42. The summed E-state index contributed by atoms with van der Waals surface area (Å²) in [5.41, 5.74) is 10.9. The van der Waals surface area contributed by atoms with Crippen LogP contribution in [-0.2, 0) is 14.8 Å². The van der Waals surface area contributed by atoms with Crippen LogP contribution < -0.4 is 11.5 Å². The van der Waals surface area contributed by atoms with Crippen molar-refractivity contribution in [2.45, 2.75) is 24.8 Å². The zero-order valence-corrected chi connectivity index (χ0v) is 13.3. The van der Waals surface area contributed by atoms with Crippen molar-refractivity contribution >= 4 is 44.8 Å². The van der Waals surface area contributed by atoms with Crippen molar-refractivity contribution < 1.29 is 13.2 Å². The Morgan fingerprint density at radius 2 is 1.75 bits per heavy atom. The Kier molecular flexibility index (Phi) is 5.26. The molecule has 0 bridgehead atoms. The molecule has 0 aliphatic rings. The summed E-state index contributed by atoms with van der Waals surface area (Å²) in [4.78, 5) is 10.8. The Balaban J connectivity index is 3.45. The van der Waals surface area contributed by atoms with Gasteiger partial charge in [-0.2, -0.15) is 4.31 Å². The van der Waals surface area contributed by atoms with Gasteiger partial charge in [-0.15, -0.1) is 0 Å². The fraction of sp³-hybridized carbons (Fsp3) is 0.364. The van der Waals surface area contributed by atoms with Crippen molar-refractivity contribution in [2.75, 3.05) is 12.3 Å². The van der Waals surface area contributed by atoms with Crippen LogP contribution in [0.15, 0.2) is 17.0 Å². The highest BCUT2D eigenvalue weighted by Crippen LogP contribution is 2.34. The van der Waals surface area contributed by atoms with Crippen molar-refractivity contribution in [3.63, 3.8) is 0 Å². The van der Waals surface area contributed by atoms with E-state index in [4.69, 9.17) is 34.7 Å². The lowest BCUT2D eigenvalue weighted by molar-refractivity contribution is -0.118. The predicted molar refractivity (Wildman–Crippen MR) is 79.1 cm³/mol. The van der Waals surface area contributed by atoms with E-state index in [1.807, 2.05) is 0 Å². The number of benzene rings is 1. The molecule has 9 heteroatoms. The van der Waals surface area contributed by atoms with Gasteiger partial charge >= 0.3 is 0 Å². The predicted octanol–water partition coefficient (Wildman–Crippen LogP) is 1.46. The van der Waals surface area contributed by atoms with Crippen LogP contribution in [0.5, 0.6) is 0 Å². The maximum absolute atomic E-state index is 12.6. The standard InChI is InChI=1S/C11H15Cl2N3O3S/c1-6(2)16(5-10(15)17)20(18,19)11-8(12)3-7(14)4-9(11)13/h3-4,6H,5,14H2,1-2H3,(H2,15,17). The van der Waals surface area contributed by atoms with E-state index in [0.717, 1.165) is 4.31 Å². The maximum Gasteiger partial charge on any atom is 0.246 e. The van der Waals surface area contributed by atoms with Crippen LogP contribution in [0.2, 0.25) is 10.0 Å². The minimum absolute atomic E-state index is 0.106. The van der Waals surface area contributed by atoms with Crippen molar-refractivity contribution in [2.24, 2.45) is 5.73 Å². The number of hydrogen-bond donors (Lipinski definition) is 2. The zero-order chi connectivity index (χ0) is 15.7. The number of amides is 1. The fourth-order valence-electron chi connectivity index (χ4n) is 1.64. The third-order valence-electron chi connectivity index (χ3n) is 2.47. The average Bonchev–Trinajstić information content (AvgIpc) is 2.22. The summed E-state index contributed by atoms with van der Waals surface area (Å²) in [5.74, 6) is -0.773. The zero-order valence-electron chi connectivity index (χ0n) is 10.9. The van der Waals surface area contributed by atoms with Gasteiger partial charge < -0.3 is 11.5 Å². The summed E-state index contributed by atoms with van der Waals surface area (Å²) in [6, 6.07) is 2.07. The van der Waals surface area contributed by atoms with Gasteiger partial charge in [0.05, 0.1) is 16.6 Å². The van der Waals surface area contributed by atoms with Gasteiger partial charge in [0, 0.05) is 11.7 Å². The first-order valence-corrected chi connectivity index (χ1v) is 7.81. The number of sulfonamides is 1. The van der Waals surface area contributed by atoms with E-state index in [1.165, 1.54) is 12.1 Å². The second-order valence-corrected chi connectivity index (χ2v) is 7.07. The van der Waals surface area contributed by atoms with Crippen molar-refractivity contribution in [3.8, 4) is 0 Å². The molecule has 20 heavy (non-hydrogen) atoms. The van der Waals surface area contributed by atoms with Crippen LogP contribution in [0, 0.1) is 0 Å². The number of carbonyl (C=O) groups is 1. The van der Waals surface area contributed by atoms with Crippen LogP contribution >= 0.6 is 23.2 Å². The largest absolute Gasteiger partial charge is 0.399 e. The highest BCUT2D eigenvalue weighted by molar-refractivity contribution is 7.89. The first kappa shape index (κ1) is 17.0. The van der Waals surface area contributed by atoms with Crippen molar-refractivity contribution in [1.29, 1.82) is 0 Å². The molecule has 0 saturated heterocycles. The van der Waals surface area contributed by atoms with E-state index >= 15 is 0 Å². The van der Waals surface area contributed by atoms with Gasteiger partial charge in [-0.25, -0.2) is 8.42 Å². The van der Waals surface area contributed by atoms with Gasteiger partial charge in [-0.05, 0) is 26.0 Å². The van der Waals surface area contributed by atoms with Gasteiger partial charge in [-0.1, -0.05) is 23.2 Å². The monoisotopic (exact) mass is 339 g/mol. The molecule has 0 spiro atoms. The highest BCUT2D eigenvalue weighted by Gasteiger charge is 2.32. The number of halogens is 2. The Hall–Kier alpha value is -1.02. The molecule has 4 N–H and O–H groups in total. The Bertz CT molecular complexity index is 609. The van der Waals surface area contributed by atoms with Crippen LogP contribution in [0.1, 0.15) is 13.8 Å². The van der Waals surface area contributed by atoms with Crippen LogP contribution in [-0.4, -0.2) is 31.2 Å². The minimum Gasteiger partial charge on any atom is -0.399 e. The molecular formula is C11H15Cl2N3O3S. The number of nitrogens with two attached hydrogens (primary N) is 2. The molecule has 1 aromatic rings. The number of carbonyl (C=O) groups excluding carboxylic acids is 1. The number of nitrogen functional groups attached to an aromatic ring is 1. The number of hydrogen-bond acceptors (Lipinski definition) is 4. The molecule has 0 radical (unpaired) electrons.